The van der Waals surface area contributed by atoms with Gasteiger partial charge in [0.05, 0.1) is 6.54 Å². The summed E-state index contributed by atoms with van der Waals surface area (Å²) in [5.41, 5.74) is -2.07. The average molecular weight is 187 g/mol. The zero-order valence-electron chi connectivity index (χ0n) is 7.88. The Kier molecular flexibility index (Phi) is 1.98. The minimum atomic E-state index is -1.44. The lowest BCUT2D eigenvalue weighted by Crippen LogP contribution is -2.53. The van der Waals surface area contributed by atoms with Crippen molar-refractivity contribution in [2.24, 2.45) is 5.41 Å². The molecule has 1 rings (SSSR count). The van der Waals surface area contributed by atoms with E-state index < -0.39 is 23.1 Å². The van der Waals surface area contributed by atoms with Crippen molar-refractivity contribution in [1.29, 1.82) is 0 Å². The Bertz CT molecular complexity index is 255. The summed E-state index contributed by atoms with van der Waals surface area (Å²) in [6, 6.07) is 0. The third-order valence-electron chi connectivity index (χ3n) is 2.31. The Morgan fingerprint density at radius 3 is 2.31 bits per heavy atom. The Hall–Kier alpha value is -1.26. The molecule has 1 heterocycles. The third kappa shape index (κ3) is 1.34. The number of carboxylic acid groups (broad SMARTS) is 1. The van der Waals surface area contributed by atoms with E-state index in [-0.39, 0.29) is 6.54 Å². The molecular weight excluding hydrogens is 174 g/mol. The number of ether oxygens (including phenoxy) is 1. The van der Waals surface area contributed by atoms with Crippen LogP contribution in [0, 0.1) is 5.41 Å². The van der Waals surface area contributed by atoms with E-state index in [1.807, 2.05) is 0 Å². The monoisotopic (exact) mass is 187 g/mol. The molecule has 1 aliphatic rings. The number of amides is 1. The van der Waals surface area contributed by atoms with E-state index in [1.54, 1.807) is 20.8 Å². The highest BCUT2D eigenvalue weighted by atomic mass is 16.6. The van der Waals surface area contributed by atoms with Gasteiger partial charge in [-0.2, -0.15) is 0 Å². The fraction of sp³-hybridized carbons (Fsp3) is 0.750. The fourth-order valence-corrected chi connectivity index (χ4v) is 1.29. The van der Waals surface area contributed by atoms with Crippen LogP contribution in [0.2, 0.25) is 0 Å². The van der Waals surface area contributed by atoms with Crippen LogP contribution in [0.1, 0.15) is 20.8 Å². The first kappa shape index (κ1) is 9.83. The van der Waals surface area contributed by atoms with Gasteiger partial charge in [-0.1, -0.05) is 20.8 Å². The summed E-state index contributed by atoms with van der Waals surface area (Å²) in [7, 11) is 0. The van der Waals surface area contributed by atoms with Gasteiger partial charge in [-0.05, 0) is 0 Å². The van der Waals surface area contributed by atoms with Crippen molar-refractivity contribution < 1.29 is 19.4 Å². The van der Waals surface area contributed by atoms with Gasteiger partial charge in [0.1, 0.15) is 0 Å². The van der Waals surface area contributed by atoms with Crippen LogP contribution in [0.15, 0.2) is 0 Å². The highest BCUT2D eigenvalue weighted by molar-refractivity contribution is 5.86. The zero-order valence-corrected chi connectivity index (χ0v) is 7.88. The molecule has 0 aromatic carbocycles. The van der Waals surface area contributed by atoms with Crippen LogP contribution in [0.25, 0.3) is 0 Å². The smallest absolute Gasteiger partial charge is 0.408 e. The Labute approximate surface area is 76.1 Å². The lowest BCUT2D eigenvalue weighted by molar-refractivity contribution is -0.165. The van der Waals surface area contributed by atoms with Crippen LogP contribution in [0.3, 0.4) is 0 Å². The molecule has 1 aliphatic heterocycles. The van der Waals surface area contributed by atoms with Crippen molar-refractivity contribution in [3.05, 3.63) is 0 Å². The van der Waals surface area contributed by atoms with E-state index >= 15 is 0 Å². The summed E-state index contributed by atoms with van der Waals surface area (Å²) < 4.78 is 4.83. The second-order valence-corrected chi connectivity index (χ2v) is 4.13. The van der Waals surface area contributed by atoms with Gasteiger partial charge in [0.25, 0.3) is 0 Å². The topological polar surface area (TPSA) is 75.6 Å². The van der Waals surface area contributed by atoms with Crippen molar-refractivity contribution in [2.45, 2.75) is 26.4 Å². The van der Waals surface area contributed by atoms with Crippen LogP contribution in [-0.2, 0) is 9.53 Å². The molecule has 1 amide bonds. The summed E-state index contributed by atoms with van der Waals surface area (Å²) in [5, 5.41) is 11.4. The maximum absolute atomic E-state index is 11.0. The highest BCUT2D eigenvalue weighted by Crippen LogP contribution is 2.36. The molecule has 0 spiro atoms. The largest absolute Gasteiger partial charge is 0.478 e. The first-order valence-corrected chi connectivity index (χ1v) is 4.00. The van der Waals surface area contributed by atoms with E-state index in [0.29, 0.717) is 0 Å². The normalized spacial score (nSPS) is 28.1. The molecule has 5 nitrogen and oxygen atoms in total. The van der Waals surface area contributed by atoms with Gasteiger partial charge < -0.3 is 15.2 Å². The van der Waals surface area contributed by atoms with E-state index in [2.05, 4.69) is 5.32 Å². The molecule has 0 bridgehead atoms. The van der Waals surface area contributed by atoms with E-state index in [1.165, 1.54) is 0 Å². The predicted molar refractivity (Wildman–Crippen MR) is 44.3 cm³/mol. The highest BCUT2D eigenvalue weighted by Gasteiger charge is 2.56. The summed E-state index contributed by atoms with van der Waals surface area (Å²) in [4.78, 5) is 21.8. The van der Waals surface area contributed by atoms with E-state index in [9.17, 15) is 9.59 Å². The number of alkyl carbamates (subject to hydrolysis) is 1. The summed E-state index contributed by atoms with van der Waals surface area (Å²) in [5.74, 6) is -1.11. The Morgan fingerprint density at radius 2 is 2.15 bits per heavy atom. The summed E-state index contributed by atoms with van der Waals surface area (Å²) >= 11 is 0. The number of carboxylic acids is 1. The number of carbonyl (C=O) groups excluding carboxylic acids is 1. The average Bonchev–Trinajstić information content (AvgIpc) is 2.30. The number of hydrogen-bond donors (Lipinski definition) is 2. The second kappa shape index (κ2) is 2.61. The van der Waals surface area contributed by atoms with Crippen LogP contribution in [0.4, 0.5) is 4.79 Å². The first-order chi connectivity index (χ1) is 5.79. The SMILES string of the molecule is CC(C)(C)C1(C(=O)O)CNC(=O)O1. The number of carbonyl (C=O) groups is 2. The number of rotatable bonds is 1. The van der Waals surface area contributed by atoms with Gasteiger partial charge in [-0.15, -0.1) is 0 Å². The van der Waals surface area contributed by atoms with Gasteiger partial charge in [0.2, 0.25) is 5.60 Å². The molecule has 0 radical (unpaired) electrons. The molecule has 0 aromatic rings. The fourth-order valence-electron chi connectivity index (χ4n) is 1.29. The van der Waals surface area contributed by atoms with Crippen molar-refractivity contribution in [3.63, 3.8) is 0 Å². The molecule has 1 unspecified atom stereocenters. The van der Waals surface area contributed by atoms with Gasteiger partial charge in [-0.3, -0.25) is 0 Å². The molecule has 1 saturated heterocycles. The quantitative estimate of drug-likeness (QED) is 0.630. The Balaban J connectivity index is 3.04. The zero-order chi connectivity index (χ0) is 10.3. The van der Waals surface area contributed by atoms with Gasteiger partial charge in [-0.25, -0.2) is 9.59 Å². The standard InChI is InChI=1S/C8H13NO4/c1-7(2,3)8(5(10)11)4-9-6(12)13-8/h4H2,1-3H3,(H,9,12)(H,10,11). The van der Waals surface area contributed by atoms with Gasteiger partial charge in [0.15, 0.2) is 0 Å². The van der Waals surface area contributed by atoms with Gasteiger partial charge >= 0.3 is 12.1 Å². The minimum Gasteiger partial charge on any atom is -0.478 e. The number of aliphatic carboxylic acids is 1. The molecule has 1 atom stereocenters. The van der Waals surface area contributed by atoms with E-state index in [4.69, 9.17) is 9.84 Å². The summed E-state index contributed by atoms with van der Waals surface area (Å²) in [6.07, 6.45) is -0.669. The Morgan fingerprint density at radius 1 is 1.62 bits per heavy atom. The summed E-state index contributed by atoms with van der Waals surface area (Å²) in [6.45, 7) is 5.19. The molecule has 0 aromatic heterocycles. The van der Waals surface area contributed by atoms with Crippen molar-refractivity contribution in [1.82, 2.24) is 5.32 Å². The number of cyclic esters (lactones) is 1. The van der Waals surface area contributed by atoms with Crippen LogP contribution in [0.5, 0.6) is 0 Å². The van der Waals surface area contributed by atoms with Crippen molar-refractivity contribution in [2.75, 3.05) is 6.54 Å². The molecule has 5 heteroatoms. The predicted octanol–water partition coefficient (Wildman–Crippen LogP) is 0.596. The van der Waals surface area contributed by atoms with Crippen LogP contribution >= 0.6 is 0 Å². The van der Waals surface area contributed by atoms with Gasteiger partial charge in [0, 0.05) is 5.41 Å². The molecule has 0 aliphatic carbocycles. The van der Waals surface area contributed by atoms with Crippen LogP contribution in [-0.4, -0.2) is 29.3 Å². The lowest BCUT2D eigenvalue weighted by Gasteiger charge is -2.34. The molecule has 74 valence electrons. The molecule has 13 heavy (non-hydrogen) atoms. The maximum Gasteiger partial charge on any atom is 0.408 e. The van der Waals surface area contributed by atoms with Crippen LogP contribution < -0.4 is 5.32 Å². The number of hydrogen-bond acceptors (Lipinski definition) is 3. The second-order valence-electron chi connectivity index (χ2n) is 4.13. The first-order valence-electron chi connectivity index (χ1n) is 4.00. The van der Waals surface area contributed by atoms with Crippen molar-refractivity contribution >= 4 is 12.1 Å². The lowest BCUT2D eigenvalue weighted by atomic mass is 9.76. The molecular formula is C8H13NO4. The molecule has 0 saturated carbocycles. The minimum absolute atomic E-state index is 0.0185. The van der Waals surface area contributed by atoms with Crippen molar-refractivity contribution in [3.8, 4) is 0 Å². The maximum atomic E-state index is 11.0. The molecule has 1 fully saturated rings. The third-order valence-corrected chi connectivity index (χ3v) is 2.31. The van der Waals surface area contributed by atoms with E-state index in [0.717, 1.165) is 0 Å². The molecule has 2 N–H and O–H groups in total. The number of nitrogens with one attached hydrogen (secondary N) is 1.